The summed E-state index contributed by atoms with van der Waals surface area (Å²) in [6.07, 6.45) is -4.81. The van der Waals surface area contributed by atoms with Gasteiger partial charge in [-0.25, -0.2) is 0 Å². The first-order valence-electron chi connectivity index (χ1n) is 5.37. The van der Waals surface area contributed by atoms with E-state index in [1.807, 2.05) is 0 Å². The van der Waals surface area contributed by atoms with E-state index in [4.69, 9.17) is 5.11 Å². The van der Waals surface area contributed by atoms with Gasteiger partial charge in [0.05, 0.1) is 6.42 Å². The van der Waals surface area contributed by atoms with Crippen molar-refractivity contribution in [1.82, 2.24) is 0 Å². The SMILES string of the molecule is O=C(O)Cc1ccc(SCCCC(F)(F)F)cc1. The lowest BCUT2D eigenvalue weighted by Gasteiger charge is -2.06. The van der Waals surface area contributed by atoms with Crippen molar-refractivity contribution in [2.45, 2.75) is 30.3 Å². The van der Waals surface area contributed by atoms with Crippen LogP contribution < -0.4 is 0 Å². The molecule has 0 heterocycles. The van der Waals surface area contributed by atoms with Gasteiger partial charge in [-0.1, -0.05) is 12.1 Å². The molecule has 0 amide bonds. The fourth-order valence-corrected chi connectivity index (χ4v) is 2.19. The van der Waals surface area contributed by atoms with E-state index in [1.54, 1.807) is 24.3 Å². The Morgan fingerprint density at radius 2 is 1.83 bits per heavy atom. The minimum absolute atomic E-state index is 0.0426. The van der Waals surface area contributed by atoms with Crippen molar-refractivity contribution < 1.29 is 23.1 Å². The number of hydrogen-bond donors (Lipinski definition) is 1. The number of alkyl halides is 3. The molecule has 0 saturated heterocycles. The van der Waals surface area contributed by atoms with Crippen molar-refractivity contribution in [2.75, 3.05) is 5.75 Å². The first-order chi connectivity index (χ1) is 8.37. The highest BCUT2D eigenvalue weighted by Gasteiger charge is 2.25. The molecule has 1 N–H and O–H groups in total. The van der Waals surface area contributed by atoms with Gasteiger partial charge in [0.25, 0.3) is 0 Å². The molecule has 0 aliphatic rings. The smallest absolute Gasteiger partial charge is 0.389 e. The van der Waals surface area contributed by atoms with Crippen LogP contribution in [0.1, 0.15) is 18.4 Å². The van der Waals surface area contributed by atoms with Crippen LogP contribution in [0.4, 0.5) is 13.2 Å². The fourth-order valence-electron chi connectivity index (χ4n) is 1.34. The Labute approximate surface area is 107 Å². The molecule has 18 heavy (non-hydrogen) atoms. The van der Waals surface area contributed by atoms with Crippen molar-refractivity contribution in [1.29, 1.82) is 0 Å². The van der Waals surface area contributed by atoms with E-state index >= 15 is 0 Å². The van der Waals surface area contributed by atoms with Crippen LogP contribution in [0.25, 0.3) is 0 Å². The molecule has 2 nitrogen and oxygen atoms in total. The number of aliphatic carboxylic acids is 1. The Balaban J connectivity index is 2.33. The zero-order chi connectivity index (χ0) is 13.6. The number of carboxylic acid groups (broad SMARTS) is 1. The second-order valence-electron chi connectivity index (χ2n) is 3.78. The van der Waals surface area contributed by atoms with E-state index in [9.17, 15) is 18.0 Å². The molecule has 0 radical (unpaired) electrons. The van der Waals surface area contributed by atoms with Crippen LogP contribution in [0.15, 0.2) is 29.2 Å². The maximum atomic E-state index is 11.9. The summed E-state index contributed by atoms with van der Waals surface area (Å²) >= 11 is 1.34. The van der Waals surface area contributed by atoms with Gasteiger partial charge in [-0.05, 0) is 29.9 Å². The van der Waals surface area contributed by atoms with E-state index in [2.05, 4.69) is 0 Å². The number of hydrogen-bond acceptors (Lipinski definition) is 2. The quantitative estimate of drug-likeness (QED) is 0.636. The van der Waals surface area contributed by atoms with E-state index < -0.39 is 18.6 Å². The van der Waals surface area contributed by atoms with Gasteiger partial charge in [-0.15, -0.1) is 11.8 Å². The van der Waals surface area contributed by atoms with E-state index in [1.165, 1.54) is 11.8 Å². The zero-order valence-corrected chi connectivity index (χ0v) is 10.4. The van der Waals surface area contributed by atoms with Crippen molar-refractivity contribution in [3.8, 4) is 0 Å². The number of carboxylic acids is 1. The Bertz CT molecular complexity index is 387. The molecule has 100 valence electrons. The van der Waals surface area contributed by atoms with Crippen LogP contribution in [0.5, 0.6) is 0 Å². The van der Waals surface area contributed by atoms with Crippen molar-refractivity contribution >= 4 is 17.7 Å². The van der Waals surface area contributed by atoms with Crippen molar-refractivity contribution in [3.63, 3.8) is 0 Å². The normalized spacial score (nSPS) is 11.5. The highest BCUT2D eigenvalue weighted by atomic mass is 32.2. The van der Waals surface area contributed by atoms with Gasteiger partial charge >= 0.3 is 12.1 Å². The molecule has 0 aliphatic heterocycles. The molecule has 0 spiro atoms. The highest BCUT2D eigenvalue weighted by Crippen LogP contribution is 2.25. The predicted molar refractivity (Wildman–Crippen MR) is 63.8 cm³/mol. The minimum Gasteiger partial charge on any atom is -0.481 e. The van der Waals surface area contributed by atoms with Crippen LogP contribution >= 0.6 is 11.8 Å². The maximum absolute atomic E-state index is 11.9. The number of rotatable bonds is 6. The van der Waals surface area contributed by atoms with Crippen molar-refractivity contribution in [3.05, 3.63) is 29.8 Å². The Morgan fingerprint density at radius 3 is 2.33 bits per heavy atom. The maximum Gasteiger partial charge on any atom is 0.389 e. The molecule has 6 heteroatoms. The molecule has 1 aromatic carbocycles. The van der Waals surface area contributed by atoms with Gasteiger partial charge in [0.2, 0.25) is 0 Å². The van der Waals surface area contributed by atoms with Gasteiger partial charge in [-0.2, -0.15) is 13.2 Å². The Morgan fingerprint density at radius 1 is 1.22 bits per heavy atom. The third kappa shape index (κ3) is 6.54. The number of thioether (sulfide) groups is 1. The van der Waals surface area contributed by atoms with Gasteiger partial charge < -0.3 is 5.11 Å². The number of halogens is 3. The summed E-state index contributed by atoms with van der Waals surface area (Å²) in [5.41, 5.74) is 0.683. The van der Waals surface area contributed by atoms with Crippen LogP contribution in [-0.2, 0) is 11.2 Å². The lowest BCUT2D eigenvalue weighted by atomic mass is 10.2. The molecule has 1 rings (SSSR count). The summed E-state index contributed by atoms with van der Waals surface area (Å²) < 4.78 is 35.7. The summed E-state index contributed by atoms with van der Waals surface area (Å²) in [6, 6.07) is 6.83. The molecule has 0 aliphatic carbocycles. The number of benzene rings is 1. The lowest BCUT2D eigenvalue weighted by molar-refractivity contribution is -0.136. The molecule has 0 aromatic heterocycles. The summed E-state index contributed by atoms with van der Waals surface area (Å²) in [5, 5.41) is 8.57. The van der Waals surface area contributed by atoms with E-state index in [0.29, 0.717) is 11.3 Å². The van der Waals surface area contributed by atoms with Gasteiger partial charge in [0.15, 0.2) is 0 Å². The van der Waals surface area contributed by atoms with E-state index in [-0.39, 0.29) is 12.8 Å². The average molecular weight is 278 g/mol. The highest BCUT2D eigenvalue weighted by molar-refractivity contribution is 7.99. The lowest BCUT2D eigenvalue weighted by Crippen LogP contribution is -2.06. The molecular formula is C12H13F3O2S. The molecular weight excluding hydrogens is 265 g/mol. The first kappa shape index (κ1) is 14.9. The number of carbonyl (C=O) groups is 1. The molecule has 0 fully saturated rings. The van der Waals surface area contributed by atoms with Crippen LogP contribution in [0.2, 0.25) is 0 Å². The summed E-state index contributed by atoms with van der Waals surface area (Å²) in [7, 11) is 0. The summed E-state index contributed by atoms with van der Waals surface area (Å²) in [4.78, 5) is 11.3. The second-order valence-corrected chi connectivity index (χ2v) is 4.95. The largest absolute Gasteiger partial charge is 0.481 e. The van der Waals surface area contributed by atoms with E-state index in [0.717, 1.165) is 4.90 Å². The third-order valence-corrected chi connectivity index (χ3v) is 3.25. The minimum atomic E-state index is -4.09. The van der Waals surface area contributed by atoms with Crippen LogP contribution in [0.3, 0.4) is 0 Å². The third-order valence-electron chi connectivity index (χ3n) is 2.15. The van der Waals surface area contributed by atoms with Gasteiger partial charge in [0.1, 0.15) is 0 Å². The molecule has 0 bridgehead atoms. The van der Waals surface area contributed by atoms with Gasteiger partial charge in [-0.3, -0.25) is 4.79 Å². The molecule has 0 atom stereocenters. The standard InChI is InChI=1S/C12H13F3O2S/c13-12(14,15)6-1-7-18-10-4-2-9(3-5-10)8-11(16)17/h2-5H,1,6-8H2,(H,16,17). The molecule has 1 aromatic rings. The monoisotopic (exact) mass is 278 g/mol. The fraction of sp³-hybridized carbons (Fsp3) is 0.417. The predicted octanol–water partition coefficient (Wildman–Crippen LogP) is 3.75. The Kier molecular flexibility index (Phi) is 5.53. The van der Waals surface area contributed by atoms with Crippen LogP contribution in [0, 0.1) is 0 Å². The topological polar surface area (TPSA) is 37.3 Å². The second kappa shape index (κ2) is 6.68. The summed E-state index contributed by atoms with van der Waals surface area (Å²) in [6.45, 7) is 0. The Hall–Kier alpha value is -1.17. The average Bonchev–Trinajstić information content (AvgIpc) is 2.24. The molecule has 0 unspecified atom stereocenters. The molecule has 0 saturated carbocycles. The first-order valence-corrected chi connectivity index (χ1v) is 6.36. The van der Waals surface area contributed by atoms with Crippen LogP contribution in [-0.4, -0.2) is 23.0 Å². The van der Waals surface area contributed by atoms with Crippen molar-refractivity contribution in [2.24, 2.45) is 0 Å². The summed E-state index contributed by atoms with van der Waals surface area (Å²) in [5.74, 6) is -0.502. The zero-order valence-electron chi connectivity index (χ0n) is 9.54. The van der Waals surface area contributed by atoms with Gasteiger partial charge in [0, 0.05) is 11.3 Å².